The number of para-hydroxylation sites is 1. The molecule has 0 fully saturated rings. The van der Waals surface area contributed by atoms with E-state index in [2.05, 4.69) is 12.2 Å². The summed E-state index contributed by atoms with van der Waals surface area (Å²) < 4.78 is 5.60. The van der Waals surface area contributed by atoms with Crippen LogP contribution in [0.5, 0.6) is 5.75 Å². The van der Waals surface area contributed by atoms with Gasteiger partial charge in [-0.2, -0.15) is 0 Å². The van der Waals surface area contributed by atoms with Crippen LogP contribution in [0.3, 0.4) is 0 Å². The Kier molecular flexibility index (Phi) is 4.51. The first kappa shape index (κ1) is 15.4. The quantitative estimate of drug-likeness (QED) is 0.905. The fraction of sp³-hybridized carbons (Fsp3) is 0.316. The van der Waals surface area contributed by atoms with Crippen molar-refractivity contribution in [1.82, 2.24) is 4.90 Å². The molecule has 4 nitrogen and oxygen atoms in total. The molecule has 2 aromatic carbocycles. The van der Waals surface area contributed by atoms with E-state index in [1.165, 1.54) is 0 Å². The number of amides is 1. The van der Waals surface area contributed by atoms with Gasteiger partial charge in [-0.3, -0.25) is 4.79 Å². The first-order chi connectivity index (χ1) is 11.2. The standard InChI is InChI=1S/C19H22N2O2/c1-3-12-21-18(14-8-7-9-15(13-14)23-4-2)20-17-11-6-5-10-16(17)19(21)22/h5-11,13,18,20H,3-4,12H2,1-2H3. The van der Waals surface area contributed by atoms with Crippen molar-refractivity contribution >= 4 is 11.6 Å². The molecule has 1 unspecified atom stereocenters. The first-order valence-electron chi connectivity index (χ1n) is 8.14. The molecule has 0 spiro atoms. The molecule has 3 rings (SSSR count). The summed E-state index contributed by atoms with van der Waals surface area (Å²) in [5.74, 6) is 0.905. The predicted molar refractivity (Wildman–Crippen MR) is 91.7 cm³/mol. The van der Waals surface area contributed by atoms with Crippen LogP contribution in [0.2, 0.25) is 0 Å². The van der Waals surface area contributed by atoms with Crippen molar-refractivity contribution in [1.29, 1.82) is 0 Å². The van der Waals surface area contributed by atoms with E-state index < -0.39 is 0 Å². The molecule has 0 bridgehead atoms. The topological polar surface area (TPSA) is 41.6 Å². The maximum Gasteiger partial charge on any atom is 0.257 e. The number of hydrogen-bond donors (Lipinski definition) is 1. The minimum absolute atomic E-state index is 0.0769. The van der Waals surface area contributed by atoms with Crippen LogP contribution < -0.4 is 10.1 Å². The number of nitrogens with zero attached hydrogens (tertiary/aromatic N) is 1. The van der Waals surface area contributed by atoms with E-state index in [4.69, 9.17) is 4.74 Å². The largest absolute Gasteiger partial charge is 0.494 e. The second-order valence-corrected chi connectivity index (χ2v) is 5.60. The highest BCUT2D eigenvalue weighted by Gasteiger charge is 2.32. The fourth-order valence-electron chi connectivity index (χ4n) is 2.97. The van der Waals surface area contributed by atoms with Crippen LogP contribution in [0, 0.1) is 0 Å². The molecule has 1 N–H and O–H groups in total. The van der Waals surface area contributed by atoms with Crippen molar-refractivity contribution in [2.75, 3.05) is 18.5 Å². The van der Waals surface area contributed by atoms with Gasteiger partial charge < -0.3 is 15.0 Å². The highest BCUT2D eigenvalue weighted by Crippen LogP contribution is 2.34. The number of benzene rings is 2. The van der Waals surface area contributed by atoms with Crippen LogP contribution in [0.25, 0.3) is 0 Å². The van der Waals surface area contributed by atoms with Crippen molar-refractivity contribution in [3.63, 3.8) is 0 Å². The number of ether oxygens (including phenoxy) is 1. The minimum atomic E-state index is -0.169. The lowest BCUT2D eigenvalue weighted by Crippen LogP contribution is -2.43. The van der Waals surface area contributed by atoms with Crippen molar-refractivity contribution < 1.29 is 9.53 Å². The number of fused-ring (bicyclic) bond motifs is 1. The van der Waals surface area contributed by atoms with Gasteiger partial charge in [0.15, 0.2) is 0 Å². The van der Waals surface area contributed by atoms with E-state index in [-0.39, 0.29) is 12.1 Å². The zero-order valence-corrected chi connectivity index (χ0v) is 13.6. The number of carbonyl (C=O) groups is 1. The lowest BCUT2D eigenvalue weighted by Gasteiger charge is -2.38. The maximum atomic E-state index is 12.9. The van der Waals surface area contributed by atoms with Gasteiger partial charge in [0.1, 0.15) is 11.9 Å². The van der Waals surface area contributed by atoms with Gasteiger partial charge in [0.05, 0.1) is 12.2 Å². The molecule has 0 saturated heterocycles. The summed E-state index contributed by atoms with van der Waals surface area (Å²) in [6, 6.07) is 15.6. The molecule has 1 aliphatic rings. The molecule has 1 amide bonds. The first-order valence-corrected chi connectivity index (χ1v) is 8.14. The summed E-state index contributed by atoms with van der Waals surface area (Å²) in [4.78, 5) is 14.8. The van der Waals surface area contributed by atoms with Crippen molar-refractivity contribution in [3.8, 4) is 5.75 Å². The zero-order chi connectivity index (χ0) is 16.2. The molecular formula is C19H22N2O2. The molecule has 1 heterocycles. The second-order valence-electron chi connectivity index (χ2n) is 5.60. The van der Waals surface area contributed by atoms with Crippen LogP contribution in [0.1, 0.15) is 42.4 Å². The molecule has 0 saturated carbocycles. The molecule has 1 aliphatic heterocycles. The Morgan fingerprint density at radius 3 is 2.74 bits per heavy atom. The van der Waals surface area contributed by atoms with Gasteiger partial charge in [-0.05, 0) is 43.2 Å². The number of carbonyl (C=O) groups excluding carboxylic acids is 1. The Morgan fingerprint density at radius 1 is 1.13 bits per heavy atom. The third-order valence-electron chi connectivity index (χ3n) is 3.97. The molecule has 1 atom stereocenters. The summed E-state index contributed by atoms with van der Waals surface area (Å²) in [5, 5.41) is 3.50. The van der Waals surface area contributed by atoms with E-state index >= 15 is 0 Å². The molecule has 23 heavy (non-hydrogen) atoms. The van der Waals surface area contributed by atoms with Crippen LogP contribution >= 0.6 is 0 Å². The number of nitrogens with one attached hydrogen (secondary N) is 1. The van der Waals surface area contributed by atoms with Crippen molar-refractivity contribution in [3.05, 3.63) is 59.7 Å². The molecule has 0 radical (unpaired) electrons. The molecular weight excluding hydrogens is 288 g/mol. The van der Waals surface area contributed by atoms with Gasteiger partial charge in [-0.15, -0.1) is 0 Å². The summed E-state index contributed by atoms with van der Waals surface area (Å²) >= 11 is 0. The highest BCUT2D eigenvalue weighted by atomic mass is 16.5. The van der Waals surface area contributed by atoms with Crippen LogP contribution in [-0.2, 0) is 0 Å². The Balaban J connectivity index is 1.99. The molecule has 4 heteroatoms. The lowest BCUT2D eigenvalue weighted by atomic mass is 10.0. The lowest BCUT2D eigenvalue weighted by molar-refractivity contribution is 0.0683. The van der Waals surface area contributed by atoms with E-state index in [9.17, 15) is 4.79 Å². The third-order valence-corrected chi connectivity index (χ3v) is 3.97. The van der Waals surface area contributed by atoms with Gasteiger partial charge in [0.2, 0.25) is 0 Å². The van der Waals surface area contributed by atoms with E-state index in [0.717, 1.165) is 29.0 Å². The average Bonchev–Trinajstić information content (AvgIpc) is 2.58. The summed E-state index contributed by atoms with van der Waals surface area (Å²) in [6.07, 6.45) is 0.745. The Bertz CT molecular complexity index is 699. The number of rotatable bonds is 5. The Morgan fingerprint density at radius 2 is 1.96 bits per heavy atom. The van der Waals surface area contributed by atoms with Gasteiger partial charge in [-0.1, -0.05) is 31.2 Å². The van der Waals surface area contributed by atoms with Crippen molar-refractivity contribution in [2.45, 2.75) is 26.4 Å². The van der Waals surface area contributed by atoms with E-state index in [0.29, 0.717) is 13.2 Å². The number of anilines is 1. The SMILES string of the molecule is CCCN1C(=O)c2ccccc2NC1c1cccc(OCC)c1. The summed E-state index contributed by atoms with van der Waals surface area (Å²) in [6.45, 7) is 5.39. The normalized spacial score (nSPS) is 16.7. The average molecular weight is 310 g/mol. The van der Waals surface area contributed by atoms with Crippen LogP contribution in [0.15, 0.2) is 48.5 Å². The Labute approximate surface area is 137 Å². The van der Waals surface area contributed by atoms with Gasteiger partial charge in [0, 0.05) is 12.2 Å². The monoisotopic (exact) mass is 310 g/mol. The molecule has 2 aromatic rings. The maximum absolute atomic E-state index is 12.9. The minimum Gasteiger partial charge on any atom is -0.494 e. The molecule has 0 aromatic heterocycles. The van der Waals surface area contributed by atoms with E-state index in [1.54, 1.807) is 0 Å². The van der Waals surface area contributed by atoms with Gasteiger partial charge in [0.25, 0.3) is 5.91 Å². The Hall–Kier alpha value is -2.49. The van der Waals surface area contributed by atoms with Gasteiger partial charge in [-0.25, -0.2) is 0 Å². The van der Waals surface area contributed by atoms with E-state index in [1.807, 2.05) is 60.4 Å². The van der Waals surface area contributed by atoms with Crippen LogP contribution in [0.4, 0.5) is 5.69 Å². The number of hydrogen-bond acceptors (Lipinski definition) is 3. The predicted octanol–water partition coefficient (Wildman–Crippen LogP) is 4.06. The fourth-order valence-corrected chi connectivity index (χ4v) is 2.97. The van der Waals surface area contributed by atoms with Gasteiger partial charge >= 0.3 is 0 Å². The summed E-state index contributed by atoms with van der Waals surface area (Å²) in [5.41, 5.74) is 2.65. The summed E-state index contributed by atoms with van der Waals surface area (Å²) in [7, 11) is 0. The van der Waals surface area contributed by atoms with Crippen LogP contribution in [-0.4, -0.2) is 24.0 Å². The third kappa shape index (κ3) is 3.02. The highest BCUT2D eigenvalue weighted by molar-refractivity contribution is 6.01. The van der Waals surface area contributed by atoms with Crippen molar-refractivity contribution in [2.24, 2.45) is 0 Å². The second kappa shape index (κ2) is 6.73. The smallest absolute Gasteiger partial charge is 0.257 e. The molecule has 120 valence electrons. The molecule has 0 aliphatic carbocycles. The zero-order valence-electron chi connectivity index (χ0n) is 13.6.